The molecule has 0 atom stereocenters. The predicted octanol–water partition coefficient (Wildman–Crippen LogP) is 5.44. The maximum absolute atomic E-state index is 12.6. The number of hydrogen-bond donors (Lipinski definition) is 0. The van der Waals surface area contributed by atoms with Gasteiger partial charge in [-0.2, -0.15) is 4.99 Å². The van der Waals surface area contributed by atoms with Crippen LogP contribution in [0.1, 0.15) is 29.8 Å². The highest BCUT2D eigenvalue weighted by molar-refractivity contribution is 7.99. The number of aryl methyl sites for hydroxylation is 1. The minimum atomic E-state index is -0.216. The normalized spacial score (nSPS) is 12.1. The molecule has 2 aromatic carbocycles. The van der Waals surface area contributed by atoms with Crippen LogP contribution in [-0.4, -0.2) is 15.7 Å². The van der Waals surface area contributed by atoms with Crippen molar-refractivity contribution in [2.45, 2.75) is 37.5 Å². The number of rotatable bonds is 5. The SMILES string of the molecule is C=CCn1c(=NC(=O)c2ccc(SC(C)C)cc2)sc2cc(C)ccc21. The third kappa shape index (κ3) is 4.17. The van der Waals surface area contributed by atoms with Crippen LogP contribution in [0.4, 0.5) is 0 Å². The summed E-state index contributed by atoms with van der Waals surface area (Å²) in [4.78, 5) is 18.9. The summed E-state index contributed by atoms with van der Waals surface area (Å²) in [5.74, 6) is -0.216. The highest BCUT2D eigenvalue weighted by Crippen LogP contribution is 2.23. The van der Waals surface area contributed by atoms with E-state index in [0.29, 0.717) is 22.2 Å². The molecule has 134 valence electrons. The van der Waals surface area contributed by atoms with Gasteiger partial charge in [-0.05, 0) is 48.9 Å². The number of thioether (sulfide) groups is 1. The van der Waals surface area contributed by atoms with E-state index in [1.165, 1.54) is 16.9 Å². The van der Waals surface area contributed by atoms with Crippen LogP contribution in [0.15, 0.2) is 65.0 Å². The molecular weight excluding hydrogens is 360 g/mol. The van der Waals surface area contributed by atoms with Crippen LogP contribution in [0.2, 0.25) is 0 Å². The molecule has 1 aromatic heterocycles. The number of allylic oxidation sites excluding steroid dienone is 1. The Bertz CT molecular complexity index is 1010. The first-order chi connectivity index (χ1) is 12.5. The van der Waals surface area contributed by atoms with Crippen molar-refractivity contribution in [1.82, 2.24) is 4.57 Å². The number of aromatic nitrogens is 1. The lowest BCUT2D eigenvalue weighted by Crippen LogP contribution is -2.16. The van der Waals surface area contributed by atoms with Crippen molar-refractivity contribution in [3.05, 3.63) is 71.0 Å². The first-order valence-corrected chi connectivity index (χ1v) is 10.2. The summed E-state index contributed by atoms with van der Waals surface area (Å²) in [6.45, 7) is 10.8. The molecule has 26 heavy (non-hydrogen) atoms. The van der Waals surface area contributed by atoms with Crippen LogP contribution in [0.5, 0.6) is 0 Å². The molecule has 0 spiro atoms. The Morgan fingerprint density at radius 2 is 2.00 bits per heavy atom. The van der Waals surface area contributed by atoms with Gasteiger partial charge in [-0.25, -0.2) is 0 Å². The Morgan fingerprint density at radius 1 is 1.27 bits per heavy atom. The number of amides is 1. The van der Waals surface area contributed by atoms with Gasteiger partial charge in [0.1, 0.15) is 0 Å². The predicted molar refractivity (Wildman–Crippen MR) is 112 cm³/mol. The molecule has 0 radical (unpaired) electrons. The number of benzene rings is 2. The molecule has 0 aliphatic carbocycles. The second-order valence-electron chi connectivity index (χ2n) is 6.36. The molecule has 0 saturated heterocycles. The highest BCUT2D eigenvalue weighted by Gasteiger charge is 2.09. The Morgan fingerprint density at radius 3 is 2.65 bits per heavy atom. The largest absolute Gasteiger partial charge is 0.312 e. The van der Waals surface area contributed by atoms with Gasteiger partial charge in [0, 0.05) is 22.3 Å². The number of fused-ring (bicyclic) bond motifs is 1. The molecule has 0 N–H and O–H groups in total. The molecule has 3 rings (SSSR count). The van der Waals surface area contributed by atoms with E-state index in [-0.39, 0.29) is 5.91 Å². The topological polar surface area (TPSA) is 34.4 Å². The van der Waals surface area contributed by atoms with Crippen molar-refractivity contribution in [3.63, 3.8) is 0 Å². The molecule has 5 heteroatoms. The van der Waals surface area contributed by atoms with Crippen molar-refractivity contribution in [2.75, 3.05) is 0 Å². The number of thiazole rings is 1. The molecule has 0 fully saturated rings. The molecule has 1 heterocycles. The van der Waals surface area contributed by atoms with Gasteiger partial charge < -0.3 is 4.57 Å². The average Bonchev–Trinajstić information content (AvgIpc) is 2.91. The molecule has 0 aliphatic heterocycles. The van der Waals surface area contributed by atoms with Gasteiger partial charge in [0.2, 0.25) is 0 Å². The number of carbonyl (C=O) groups is 1. The van der Waals surface area contributed by atoms with Gasteiger partial charge in [-0.15, -0.1) is 18.3 Å². The minimum absolute atomic E-state index is 0.216. The second kappa shape index (κ2) is 8.06. The van der Waals surface area contributed by atoms with Crippen molar-refractivity contribution in [1.29, 1.82) is 0 Å². The lowest BCUT2D eigenvalue weighted by atomic mass is 10.2. The van der Waals surface area contributed by atoms with Crippen LogP contribution in [0.25, 0.3) is 10.2 Å². The summed E-state index contributed by atoms with van der Waals surface area (Å²) in [5.41, 5.74) is 2.88. The Hall–Kier alpha value is -2.11. The lowest BCUT2D eigenvalue weighted by molar-refractivity contribution is 0.0998. The van der Waals surface area contributed by atoms with Gasteiger partial charge >= 0.3 is 0 Å². The molecule has 0 saturated carbocycles. The van der Waals surface area contributed by atoms with E-state index in [1.54, 1.807) is 11.8 Å². The summed E-state index contributed by atoms with van der Waals surface area (Å²) in [5, 5.41) is 0.515. The van der Waals surface area contributed by atoms with E-state index in [4.69, 9.17) is 0 Å². The van der Waals surface area contributed by atoms with E-state index in [1.807, 2.05) is 34.9 Å². The average molecular weight is 383 g/mol. The zero-order valence-corrected chi connectivity index (χ0v) is 16.9. The maximum Gasteiger partial charge on any atom is 0.279 e. The Balaban J connectivity index is 1.99. The first-order valence-electron chi connectivity index (χ1n) is 8.54. The minimum Gasteiger partial charge on any atom is -0.312 e. The van der Waals surface area contributed by atoms with E-state index in [2.05, 4.69) is 50.5 Å². The van der Waals surface area contributed by atoms with Crippen LogP contribution < -0.4 is 4.80 Å². The number of carbonyl (C=O) groups excluding carboxylic acids is 1. The van der Waals surface area contributed by atoms with E-state index in [0.717, 1.165) is 15.1 Å². The smallest absolute Gasteiger partial charge is 0.279 e. The maximum atomic E-state index is 12.6. The molecule has 0 bridgehead atoms. The van der Waals surface area contributed by atoms with Gasteiger partial charge in [-0.1, -0.05) is 37.3 Å². The van der Waals surface area contributed by atoms with Crippen molar-refractivity contribution in [2.24, 2.45) is 4.99 Å². The third-order valence-electron chi connectivity index (χ3n) is 3.82. The molecule has 0 unspecified atom stereocenters. The van der Waals surface area contributed by atoms with Crippen LogP contribution in [0, 0.1) is 6.92 Å². The third-order valence-corrected chi connectivity index (χ3v) is 5.88. The summed E-state index contributed by atoms with van der Waals surface area (Å²) in [6, 6.07) is 14.0. The fraction of sp³-hybridized carbons (Fsp3) is 0.238. The van der Waals surface area contributed by atoms with Crippen molar-refractivity contribution < 1.29 is 4.79 Å². The monoisotopic (exact) mass is 382 g/mol. The van der Waals surface area contributed by atoms with Gasteiger partial charge in [0.05, 0.1) is 10.2 Å². The van der Waals surface area contributed by atoms with Gasteiger partial charge in [-0.3, -0.25) is 4.79 Å². The van der Waals surface area contributed by atoms with Crippen LogP contribution in [0.3, 0.4) is 0 Å². The van der Waals surface area contributed by atoms with Crippen LogP contribution in [-0.2, 0) is 6.54 Å². The Labute approximate surface area is 162 Å². The lowest BCUT2D eigenvalue weighted by Gasteiger charge is -2.04. The summed E-state index contributed by atoms with van der Waals surface area (Å²) >= 11 is 3.32. The zero-order chi connectivity index (χ0) is 18.7. The first kappa shape index (κ1) is 18.7. The quantitative estimate of drug-likeness (QED) is 0.435. The van der Waals surface area contributed by atoms with Gasteiger partial charge in [0.15, 0.2) is 4.80 Å². The van der Waals surface area contributed by atoms with Crippen LogP contribution >= 0.6 is 23.1 Å². The number of hydrogen-bond acceptors (Lipinski definition) is 3. The van der Waals surface area contributed by atoms with Gasteiger partial charge in [0.25, 0.3) is 5.91 Å². The summed E-state index contributed by atoms with van der Waals surface area (Å²) < 4.78 is 3.16. The van der Waals surface area contributed by atoms with Crippen molar-refractivity contribution >= 4 is 39.2 Å². The molecule has 3 aromatic rings. The highest BCUT2D eigenvalue weighted by atomic mass is 32.2. The fourth-order valence-electron chi connectivity index (χ4n) is 2.67. The standard InChI is InChI=1S/C21H22N2OS2/c1-5-12-23-18-11-6-15(4)13-19(18)26-21(23)22-20(24)16-7-9-17(10-8-16)25-14(2)3/h5-11,13-14H,1,12H2,2-4H3. The van der Waals surface area contributed by atoms with Crippen molar-refractivity contribution in [3.8, 4) is 0 Å². The molecule has 0 aliphatic rings. The molecule has 1 amide bonds. The number of nitrogens with zero attached hydrogens (tertiary/aromatic N) is 2. The summed E-state index contributed by atoms with van der Waals surface area (Å²) in [7, 11) is 0. The Kier molecular flexibility index (Phi) is 5.79. The van der Waals surface area contributed by atoms with E-state index < -0.39 is 0 Å². The zero-order valence-electron chi connectivity index (χ0n) is 15.2. The fourth-order valence-corrected chi connectivity index (χ4v) is 4.64. The second-order valence-corrected chi connectivity index (χ2v) is 9.02. The van der Waals surface area contributed by atoms with E-state index in [9.17, 15) is 4.79 Å². The molecule has 3 nitrogen and oxygen atoms in total. The summed E-state index contributed by atoms with van der Waals surface area (Å²) in [6.07, 6.45) is 1.83. The molecular formula is C21H22N2OS2. The van der Waals surface area contributed by atoms with E-state index >= 15 is 0 Å².